The molecule has 0 aliphatic rings. The largest absolute Gasteiger partial charge is 0.336 e. The zero-order chi connectivity index (χ0) is 22.4. The Kier molecular flexibility index (Phi) is 7.36. The molecule has 0 radical (unpaired) electrons. The van der Waals surface area contributed by atoms with Crippen LogP contribution < -0.4 is 5.32 Å². The normalized spacial score (nSPS) is 10.7. The second kappa shape index (κ2) is 10.2. The highest BCUT2D eigenvalue weighted by molar-refractivity contribution is 7.71. The maximum Gasteiger partial charge on any atom is 0.243 e. The van der Waals surface area contributed by atoms with Gasteiger partial charge >= 0.3 is 0 Å². The number of benzene rings is 2. The molecule has 0 spiro atoms. The number of hydrogen-bond acceptors (Lipinski definition) is 4. The zero-order valence-corrected chi connectivity index (χ0v) is 18.8. The lowest BCUT2D eigenvalue weighted by molar-refractivity contribution is -0.133. The van der Waals surface area contributed by atoms with Gasteiger partial charge in [0, 0.05) is 31.3 Å². The number of aromatic amines is 1. The molecule has 2 aromatic carbocycles. The fourth-order valence-corrected chi connectivity index (χ4v) is 3.51. The monoisotopic (exact) mass is 437 g/mol. The second-order valence-corrected chi connectivity index (χ2v) is 7.82. The minimum Gasteiger partial charge on any atom is -0.336 e. The van der Waals surface area contributed by atoms with Crippen molar-refractivity contribution in [2.24, 2.45) is 0 Å². The lowest BCUT2D eigenvalue weighted by Gasteiger charge is -2.18. The van der Waals surface area contributed by atoms with E-state index in [4.69, 9.17) is 12.2 Å². The molecule has 7 nitrogen and oxygen atoms in total. The molecule has 0 atom stereocenters. The molecule has 1 aromatic heterocycles. The summed E-state index contributed by atoms with van der Waals surface area (Å²) in [5, 5.41) is 10.00. The minimum absolute atomic E-state index is 0.0154. The number of rotatable bonds is 8. The highest BCUT2D eigenvalue weighted by Gasteiger charge is 2.16. The fraction of sp³-hybridized carbons (Fsp3) is 0.304. The zero-order valence-electron chi connectivity index (χ0n) is 18.0. The Morgan fingerprint density at radius 2 is 1.87 bits per heavy atom. The summed E-state index contributed by atoms with van der Waals surface area (Å²) in [7, 11) is 1.63. The van der Waals surface area contributed by atoms with E-state index in [1.54, 1.807) is 7.05 Å². The van der Waals surface area contributed by atoms with Crippen LogP contribution in [0.15, 0.2) is 48.5 Å². The van der Waals surface area contributed by atoms with E-state index in [1.165, 1.54) is 4.90 Å². The molecule has 8 heteroatoms. The Balaban J connectivity index is 1.60. The second-order valence-electron chi connectivity index (χ2n) is 7.43. The van der Waals surface area contributed by atoms with E-state index in [1.807, 2.05) is 66.9 Å². The molecule has 31 heavy (non-hydrogen) atoms. The summed E-state index contributed by atoms with van der Waals surface area (Å²) in [6.45, 7) is 4.42. The Bertz CT molecular complexity index is 1120. The van der Waals surface area contributed by atoms with Gasteiger partial charge in [-0.2, -0.15) is 5.10 Å². The average Bonchev–Trinajstić information content (AvgIpc) is 3.13. The van der Waals surface area contributed by atoms with Gasteiger partial charge in [-0.05, 0) is 37.2 Å². The van der Waals surface area contributed by atoms with E-state index >= 15 is 0 Å². The Morgan fingerprint density at radius 1 is 1.16 bits per heavy atom. The van der Waals surface area contributed by atoms with Gasteiger partial charge in [-0.3, -0.25) is 19.3 Å². The summed E-state index contributed by atoms with van der Waals surface area (Å²) < 4.78 is 2.27. The molecule has 2 amide bonds. The van der Waals surface area contributed by atoms with E-state index in [9.17, 15) is 9.59 Å². The molecule has 3 rings (SSSR count). The number of hydrogen-bond donors (Lipinski definition) is 2. The van der Waals surface area contributed by atoms with Crippen molar-refractivity contribution in [1.29, 1.82) is 0 Å². The number of aryl methyl sites for hydroxylation is 2. The van der Waals surface area contributed by atoms with Crippen molar-refractivity contribution in [2.45, 2.75) is 33.2 Å². The number of carbonyl (C=O) groups is 2. The number of H-pyrrole nitrogens is 1. The summed E-state index contributed by atoms with van der Waals surface area (Å²) in [5.41, 5.74) is 3.92. The van der Waals surface area contributed by atoms with E-state index in [2.05, 4.69) is 15.5 Å². The van der Waals surface area contributed by atoms with Gasteiger partial charge in [-0.15, -0.1) is 0 Å². The number of carbonyl (C=O) groups excluding carboxylic acids is 2. The highest BCUT2D eigenvalue weighted by Crippen LogP contribution is 2.18. The van der Waals surface area contributed by atoms with Gasteiger partial charge in [-0.1, -0.05) is 55.0 Å². The first kappa shape index (κ1) is 22.4. The van der Waals surface area contributed by atoms with Crippen LogP contribution in [0.4, 0.5) is 5.69 Å². The predicted molar refractivity (Wildman–Crippen MR) is 124 cm³/mol. The van der Waals surface area contributed by atoms with Crippen molar-refractivity contribution in [1.82, 2.24) is 19.7 Å². The van der Waals surface area contributed by atoms with Crippen molar-refractivity contribution in [2.75, 3.05) is 18.9 Å². The maximum absolute atomic E-state index is 12.6. The number of anilines is 1. The van der Waals surface area contributed by atoms with E-state index in [0.717, 1.165) is 28.8 Å². The summed E-state index contributed by atoms with van der Waals surface area (Å²) in [6, 6.07) is 15.6. The lowest BCUT2D eigenvalue weighted by atomic mass is 10.1. The molecule has 0 fully saturated rings. The molecule has 1 heterocycles. The van der Waals surface area contributed by atoms with Crippen LogP contribution in [0, 0.1) is 11.7 Å². The van der Waals surface area contributed by atoms with E-state index in [-0.39, 0.29) is 24.8 Å². The van der Waals surface area contributed by atoms with Gasteiger partial charge in [0.05, 0.1) is 6.54 Å². The molecular formula is C23H27N5O2S. The Morgan fingerprint density at radius 3 is 2.58 bits per heavy atom. The van der Waals surface area contributed by atoms with Gasteiger partial charge in [-0.25, -0.2) is 0 Å². The van der Waals surface area contributed by atoms with Crippen LogP contribution in [-0.4, -0.2) is 45.1 Å². The minimum atomic E-state index is -0.225. The quantitative estimate of drug-likeness (QED) is 0.523. The van der Waals surface area contributed by atoms with Gasteiger partial charge in [0.1, 0.15) is 0 Å². The molecule has 0 saturated carbocycles. The van der Waals surface area contributed by atoms with Crippen LogP contribution >= 0.6 is 12.2 Å². The van der Waals surface area contributed by atoms with Crippen LogP contribution in [0.5, 0.6) is 0 Å². The molecule has 0 unspecified atom stereocenters. The predicted octanol–water partition coefficient (Wildman–Crippen LogP) is 3.97. The maximum atomic E-state index is 12.6. The first-order valence-corrected chi connectivity index (χ1v) is 10.6. The number of nitrogens with one attached hydrogen (secondary N) is 2. The SMILES string of the molecule is CCc1ccccc1NC(=O)CN(C)C(=O)CCn1c(-c2ccc(C)cc2)n[nH]c1=S. The smallest absolute Gasteiger partial charge is 0.243 e. The van der Waals surface area contributed by atoms with Crippen LogP contribution in [0.1, 0.15) is 24.5 Å². The average molecular weight is 438 g/mol. The molecule has 3 aromatic rings. The molecule has 0 saturated heterocycles. The van der Waals surface area contributed by atoms with Crippen molar-refractivity contribution in [3.05, 3.63) is 64.4 Å². The fourth-order valence-electron chi connectivity index (χ4n) is 3.29. The molecule has 162 valence electrons. The number of para-hydroxylation sites is 1. The third kappa shape index (κ3) is 5.67. The summed E-state index contributed by atoms with van der Waals surface area (Å²) in [4.78, 5) is 26.5. The first-order valence-electron chi connectivity index (χ1n) is 10.2. The lowest BCUT2D eigenvalue weighted by Crippen LogP contribution is -2.35. The third-order valence-corrected chi connectivity index (χ3v) is 5.41. The summed E-state index contributed by atoms with van der Waals surface area (Å²) >= 11 is 5.34. The first-order chi connectivity index (χ1) is 14.9. The van der Waals surface area contributed by atoms with Crippen LogP contribution in [-0.2, 0) is 22.6 Å². The van der Waals surface area contributed by atoms with Gasteiger partial charge in [0.15, 0.2) is 10.6 Å². The van der Waals surface area contributed by atoms with E-state index < -0.39 is 0 Å². The van der Waals surface area contributed by atoms with E-state index in [0.29, 0.717) is 17.1 Å². The Labute approximate surface area is 187 Å². The molecule has 2 N–H and O–H groups in total. The third-order valence-electron chi connectivity index (χ3n) is 5.10. The summed E-state index contributed by atoms with van der Waals surface area (Å²) in [6.07, 6.45) is 1.03. The number of likely N-dealkylation sites (N-methyl/N-ethyl adjacent to an activating group) is 1. The van der Waals surface area contributed by atoms with Crippen molar-refractivity contribution in [3.8, 4) is 11.4 Å². The topological polar surface area (TPSA) is 83.0 Å². The van der Waals surface area contributed by atoms with Gasteiger partial charge < -0.3 is 10.2 Å². The molecular weight excluding hydrogens is 410 g/mol. The van der Waals surface area contributed by atoms with Crippen LogP contribution in [0.3, 0.4) is 0 Å². The van der Waals surface area contributed by atoms with Crippen molar-refractivity contribution in [3.63, 3.8) is 0 Å². The van der Waals surface area contributed by atoms with Crippen molar-refractivity contribution < 1.29 is 9.59 Å². The number of aromatic nitrogens is 3. The van der Waals surface area contributed by atoms with Gasteiger partial charge in [0.2, 0.25) is 11.8 Å². The number of nitrogens with zero attached hydrogens (tertiary/aromatic N) is 3. The van der Waals surface area contributed by atoms with Crippen molar-refractivity contribution >= 4 is 29.7 Å². The Hall–Kier alpha value is -3.26. The standard InChI is InChI=1S/C23H27N5O2S/c1-4-17-7-5-6-8-19(17)24-20(29)15-27(3)21(30)13-14-28-22(25-26-23(28)31)18-11-9-16(2)10-12-18/h5-12H,4,13-15H2,1-3H3,(H,24,29)(H,26,31). The molecule has 0 bridgehead atoms. The molecule has 0 aliphatic carbocycles. The number of amides is 2. The highest BCUT2D eigenvalue weighted by atomic mass is 32.1. The van der Waals surface area contributed by atoms with Crippen LogP contribution in [0.25, 0.3) is 11.4 Å². The van der Waals surface area contributed by atoms with Gasteiger partial charge in [0.25, 0.3) is 0 Å². The molecule has 0 aliphatic heterocycles. The summed E-state index contributed by atoms with van der Waals surface area (Å²) in [5.74, 6) is 0.322. The van der Waals surface area contributed by atoms with Crippen LogP contribution in [0.2, 0.25) is 0 Å².